The average Bonchev–Trinajstić information content (AvgIpc) is 2.74. The Balaban J connectivity index is 1.74. The van der Waals surface area contributed by atoms with Gasteiger partial charge in [0.25, 0.3) is 0 Å². The van der Waals surface area contributed by atoms with E-state index in [1.54, 1.807) is 25.3 Å². The summed E-state index contributed by atoms with van der Waals surface area (Å²) in [5.41, 5.74) is 3.41. The van der Waals surface area contributed by atoms with Crippen molar-refractivity contribution in [1.82, 2.24) is 5.32 Å². The van der Waals surface area contributed by atoms with Gasteiger partial charge in [-0.05, 0) is 53.6 Å². The van der Waals surface area contributed by atoms with Gasteiger partial charge in [-0.3, -0.25) is 10.3 Å². The SMILES string of the molecule is COc1ccc(C2=N[C@@H](c3cccc(F)c3)N[C@H](c3ccccc3O)C2)cc1. The Bertz CT molecular complexity index is 1000. The minimum absolute atomic E-state index is 0.149. The maximum Gasteiger partial charge on any atom is 0.126 e. The van der Waals surface area contributed by atoms with Gasteiger partial charge in [-0.2, -0.15) is 0 Å². The first kappa shape index (κ1) is 18.2. The van der Waals surface area contributed by atoms with Crippen molar-refractivity contribution in [3.05, 3.63) is 95.3 Å². The van der Waals surface area contributed by atoms with Crippen LogP contribution in [0.5, 0.6) is 11.5 Å². The quantitative estimate of drug-likeness (QED) is 0.690. The van der Waals surface area contributed by atoms with Crippen LogP contribution in [-0.4, -0.2) is 17.9 Å². The molecule has 3 aromatic rings. The first-order valence-corrected chi connectivity index (χ1v) is 9.14. The van der Waals surface area contributed by atoms with Crippen molar-refractivity contribution in [3.63, 3.8) is 0 Å². The van der Waals surface area contributed by atoms with Crippen molar-refractivity contribution in [2.24, 2.45) is 4.99 Å². The highest BCUT2D eigenvalue weighted by molar-refractivity contribution is 6.01. The van der Waals surface area contributed by atoms with E-state index >= 15 is 0 Å². The number of rotatable bonds is 4. The van der Waals surface area contributed by atoms with Gasteiger partial charge >= 0.3 is 0 Å². The van der Waals surface area contributed by atoms with E-state index in [1.807, 2.05) is 42.5 Å². The molecule has 3 aromatic carbocycles. The molecule has 1 aliphatic heterocycles. The minimum atomic E-state index is -0.411. The lowest BCUT2D eigenvalue weighted by molar-refractivity contribution is 0.411. The molecule has 0 saturated carbocycles. The summed E-state index contributed by atoms with van der Waals surface area (Å²) in [7, 11) is 1.63. The number of hydrogen-bond acceptors (Lipinski definition) is 4. The third-order valence-corrected chi connectivity index (χ3v) is 4.94. The van der Waals surface area contributed by atoms with Gasteiger partial charge in [-0.25, -0.2) is 4.39 Å². The summed E-state index contributed by atoms with van der Waals surface area (Å²) in [6.07, 6.45) is 0.196. The van der Waals surface area contributed by atoms with Gasteiger partial charge in [0.2, 0.25) is 0 Å². The molecule has 2 atom stereocenters. The summed E-state index contributed by atoms with van der Waals surface area (Å²) in [5.74, 6) is 0.705. The Morgan fingerprint density at radius 3 is 2.54 bits per heavy atom. The zero-order valence-corrected chi connectivity index (χ0v) is 15.5. The van der Waals surface area contributed by atoms with Crippen molar-refractivity contribution in [1.29, 1.82) is 0 Å². The number of nitrogens with zero attached hydrogens (tertiary/aromatic N) is 1. The number of benzene rings is 3. The maximum atomic E-state index is 13.8. The van der Waals surface area contributed by atoms with Crippen LogP contribution in [0, 0.1) is 5.82 Å². The van der Waals surface area contributed by atoms with Gasteiger partial charge in [0.1, 0.15) is 23.5 Å². The summed E-state index contributed by atoms with van der Waals surface area (Å²) in [6.45, 7) is 0. The zero-order valence-electron chi connectivity index (χ0n) is 15.5. The predicted molar refractivity (Wildman–Crippen MR) is 107 cm³/mol. The Hall–Kier alpha value is -3.18. The Kier molecular flexibility index (Phi) is 5.08. The van der Waals surface area contributed by atoms with Gasteiger partial charge in [0, 0.05) is 23.7 Å². The van der Waals surface area contributed by atoms with Gasteiger partial charge in [-0.15, -0.1) is 0 Å². The predicted octanol–water partition coefficient (Wildman–Crippen LogP) is 4.76. The Labute approximate surface area is 163 Å². The molecular weight excluding hydrogens is 355 g/mol. The molecule has 0 saturated heterocycles. The van der Waals surface area contributed by atoms with Gasteiger partial charge in [0.15, 0.2) is 0 Å². The normalized spacial score (nSPS) is 19.1. The first-order chi connectivity index (χ1) is 13.6. The molecule has 2 N–H and O–H groups in total. The second kappa shape index (κ2) is 7.82. The lowest BCUT2D eigenvalue weighted by Gasteiger charge is -2.31. The van der Waals surface area contributed by atoms with Crippen LogP contribution < -0.4 is 10.1 Å². The average molecular weight is 376 g/mol. The van der Waals surface area contributed by atoms with Crippen molar-refractivity contribution in [3.8, 4) is 11.5 Å². The van der Waals surface area contributed by atoms with E-state index in [0.717, 1.165) is 28.2 Å². The molecule has 0 amide bonds. The van der Waals surface area contributed by atoms with E-state index in [1.165, 1.54) is 12.1 Å². The first-order valence-electron chi connectivity index (χ1n) is 9.14. The number of ether oxygens (including phenoxy) is 1. The lowest BCUT2D eigenvalue weighted by atomic mass is 9.93. The van der Waals surface area contributed by atoms with Crippen molar-refractivity contribution < 1.29 is 14.2 Å². The number of methoxy groups -OCH3 is 1. The largest absolute Gasteiger partial charge is 0.508 e. The fraction of sp³-hybridized carbons (Fsp3) is 0.174. The van der Waals surface area contributed by atoms with Crippen LogP contribution >= 0.6 is 0 Å². The number of aromatic hydroxyl groups is 1. The van der Waals surface area contributed by atoms with E-state index in [2.05, 4.69) is 5.32 Å². The van der Waals surface area contributed by atoms with Crippen LogP contribution in [0.2, 0.25) is 0 Å². The third kappa shape index (κ3) is 3.75. The summed E-state index contributed by atoms with van der Waals surface area (Å²) in [6, 6.07) is 21.3. The van der Waals surface area contributed by atoms with Crippen LogP contribution in [0.3, 0.4) is 0 Å². The highest BCUT2D eigenvalue weighted by Crippen LogP contribution is 2.34. The van der Waals surface area contributed by atoms with Crippen molar-refractivity contribution in [2.75, 3.05) is 7.11 Å². The molecule has 142 valence electrons. The number of aliphatic imine (C=N–C) groups is 1. The van der Waals surface area contributed by atoms with E-state index in [4.69, 9.17) is 9.73 Å². The third-order valence-electron chi connectivity index (χ3n) is 4.94. The molecule has 0 aliphatic carbocycles. The van der Waals surface area contributed by atoms with Crippen molar-refractivity contribution >= 4 is 5.71 Å². The molecule has 0 fully saturated rings. The molecule has 0 unspecified atom stereocenters. The van der Waals surface area contributed by atoms with Gasteiger partial charge in [0.05, 0.1) is 7.11 Å². The molecule has 0 radical (unpaired) electrons. The lowest BCUT2D eigenvalue weighted by Crippen LogP contribution is -2.33. The molecule has 0 spiro atoms. The number of halogens is 1. The maximum absolute atomic E-state index is 13.8. The second-order valence-electron chi connectivity index (χ2n) is 6.74. The topological polar surface area (TPSA) is 53.8 Å². The Morgan fingerprint density at radius 2 is 1.82 bits per heavy atom. The van der Waals surface area contributed by atoms with Crippen LogP contribution in [0.25, 0.3) is 0 Å². The summed E-state index contributed by atoms with van der Waals surface area (Å²) >= 11 is 0. The van der Waals surface area contributed by atoms with E-state index in [-0.39, 0.29) is 17.6 Å². The smallest absolute Gasteiger partial charge is 0.126 e. The molecule has 4 nitrogen and oxygen atoms in total. The van der Waals surface area contributed by atoms with Crippen molar-refractivity contribution in [2.45, 2.75) is 18.6 Å². The molecule has 0 aromatic heterocycles. The fourth-order valence-corrected chi connectivity index (χ4v) is 3.49. The standard InChI is InChI=1S/C23H21FN2O2/c1-28-18-11-9-15(10-12-18)20-14-21(19-7-2-3-8-22(19)27)26-23(25-20)16-5-4-6-17(24)13-16/h2-13,21,23,26-27H,14H2,1H3/t21-,23+/m0/s1. The number of nitrogens with one attached hydrogen (secondary N) is 1. The van der Waals surface area contributed by atoms with Gasteiger partial charge < -0.3 is 9.84 Å². The highest BCUT2D eigenvalue weighted by atomic mass is 19.1. The zero-order chi connectivity index (χ0) is 19.5. The minimum Gasteiger partial charge on any atom is -0.508 e. The second-order valence-corrected chi connectivity index (χ2v) is 6.74. The van der Waals surface area contributed by atoms with Crippen LogP contribution in [0.4, 0.5) is 4.39 Å². The van der Waals surface area contributed by atoms with Crippen LogP contribution in [0.15, 0.2) is 77.8 Å². The summed E-state index contributed by atoms with van der Waals surface area (Å²) < 4.78 is 19.0. The summed E-state index contributed by atoms with van der Waals surface area (Å²) in [5, 5.41) is 13.8. The molecular formula is C23H21FN2O2. The number of phenols is 1. The molecule has 1 aliphatic rings. The molecule has 28 heavy (non-hydrogen) atoms. The van der Waals surface area contributed by atoms with E-state index in [9.17, 15) is 9.50 Å². The van der Waals surface area contributed by atoms with Gasteiger partial charge in [-0.1, -0.05) is 30.3 Å². The number of hydrogen-bond donors (Lipinski definition) is 2. The number of phenolic OH excluding ortho intramolecular Hbond substituents is 1. The fourth-order valence-electron chi connectivity index (χ4n) is 3.49. The molecule has 4 rings (SSSR count). The van der Waals surface area contributed by atoms with Crippen LogP contribution in [-0.2, 0) is 0 Å². The monoisotopic (exact) mass is 376 g/mol. The molecule has 5 heteroatoms. The molecule has 0 bridgehead atoms. The summed E-state index contributed by atoms with van der Waals surface area (Å²) in [4.78, 5) is 4.84. The molecule has 1 heterocycles. The van der Waals surface area contributed by atoms with E-state index < -0.39 is 6.17 Å². The van der Waals surface area contributed by atoms with Crippen LogP contribution in [0.1, 0.15) is 35.3 Å². The highest BCUT2D eigenvalue weighted by Gasteiger charge is 2.27. The van der Waals surface area contributed by atoms with E-state index in [0.29, 0.717) is 6.42 Å². The Morgan fingerprint density at radius 1 is 1.04 bits per heavy atom. The number of para-hydroxylation sites is 1.